The lowest BCUT2D eigenvalue weighted by molar-refractivity contribution is -0.142. The highest BCUT2D eigenvalue weighted by Gasteiger charge is 2.35. The number of phenolic OH excluding ortho intramolecular Hbond substituents is 1. The summed E-state index contributed by atoms with van der Waals surface area (Å²) < 4.78 is 0. The second-order valence-electron chi connectivity index (χ2n) is 15.6. The summed E-state index contributed by atoms with van der Waals surface area (Å²) in [6, 6.07) is 1.01. The molecule has 0 saturated carbocycles. The van der Waals surface area contributed by atoms with Crippen molar-refractivity contribution in [3.63, 3.8) is 0 Å². The maximum atomic E-state index is 14.2. The first-order chi connectivity index (χ1) is 32.7. The summed E-state index contributed by atoms with van der Waals surface area (Å²) in [5.74, 6) is -10.0. The fourth-order valence-corrected chi connectivity index (χ4v) is 6.64. The molecule has 0 saturated heterocycles. The highest BCUT2D eigenvalue weighted by atomic mass is 16.4. The number of amides is 6. The van der Waals surface area contributed by atoms with Crippen molar-refractivity contribution < 1.29 is 63.9 Å². The monoisotopic (exact) mass is 968 g/mol. The Hall–Kier alpha value is -8.04. The van der Waals surface area contributed by atoms with Gasteiger partial charge in [0.15, 0.2) is 11.9 Å². The van der Waals surface area contributed by atoms with Crippen LogP contribution in [0.2, 0.25) is 0 Å². The van der Waals surface area contributed by atoms with E-state index in [1.807, 2.05) is 0 Å². The van der Waals surface area contributed by atoms with Crippen molar-refractivity contribution in [1.82, 2.24) is 36.9 Å². The molecule has 376 valence electrons. The van der Waals surface area contributed by atoms with Crippen LogP contribution in [-0.4, -0.2) is 158 Å². The number of aromatic nitrogens is 1. The second kappa shape index (κ2) is 27.6. The van der Waals surface area contributed by atoms with E-state index < -0.39 is 109 Å². The molecule has 1 heterocycles. The first kappa shape index (κ1) is 55.3. The number of guanidine groups is 2. The van der Waals surface area contributed by atoms with E-state index in [9.17, 15) is 63.9 Å². The lowest BCUT2D eigenvalue weighted by Gasteiger charge is -2.27. The van der Waals surface area contributed by atoms with Crippen molar-refractivity contribution in [2.24, 2.45) is 38.7 Å². The number of nitrogens with zero attached hydrogens (tertiary/aromatic N) is 2. The van der Waals surface area contributed by atoms with Gasteiger partial charge in [0.05, 0.1) is 19.6 Å². The minimum Gasteiger partial charge on any atom is -0.508 e. The summed E-state index contributed by atoms with van der Waals surface area (Å²) in [5, 5.41) is 63.7. The van der Waals surface area contributed by atoms with Crippen LogP contribution in [0.4, 0.5) is 0 Å². The van der Waals surface area contributed by atoms with Gasteiger partial charge in [-0.25, -0.2) is 4.79 Å². The molecule has 0 aliphatic rings. The van der Waals surface area contributed by atoms with Crippen molar-refractivity contribution in [2.45, 2.75) is 87.2 Å². The minimum absolute atomic E-state index is 0.0119. The summed E-state index contributed by atoms with van der Waals surface area (Å²) in [6.45, 7) is -1.74. The number of carboxylic acids is 2. The third-order valence-electron chi connectivity index (χ3n) is 10.2. The van der Waals surface area contributed by atoms with Crippen molar-refractivity contribution in [1.29, 1.82) is 0 Å². The molecule has 0 spiro atoms. The number of nitrogens with two attached hydrogens (primary N) is 5. The molecule has 7 unspecified atom stereocenters. The van der Waals surface area contributed by atoms with E-state index in [2.05, 4.69) is 46.9 Å². The number of aromatic amines is 1. The number of carboxylic acid groups (broad SMARTS) is 2. The summed E-state index contributed by atoms with van der Waals surface area (Å²) in [4.78, 5) is 117. The molecule has 7 atom stereocenters. The number of rotatable bonds is 29. The second-order valence-corrected chi connectivity index (χ2v) is 15.6. The lowest BCUT2D eigenvalue weighted by atomic mass is 10.0. The number of H-pyrrole nitrogens is 1. The molecule has 0 aliphatic carbocycles. The zero-order valence-corrected chi connectivity index (χ0v) is 37.3. The zero-order valence-electron chi connectivity index (χ0n) is 37.3. The number of fused-ring (bicyclic) bond motifs is 1. The molecule has 0 aliphatic heterocycles. The molecule has 0 radical (unpaired) electrons. The number of aromatic hydroxyl groups is 1. The maximum absolute atomic E-state index is 14.2. The summed E-state index contributed by atoms with van der Waals surface area (Å²) >= 11 is 0. The molecular formula is C42H60N14O13. The van der Waals surface area contributed by atoms with E-state index in [0.29, 0.717) is 22.0 Å². The molecule has 27 heteroatoms. The summed E-state index contributed by atoms with van der Waals surface area (Å²) in [6.07, 6.45) is -0.211. The van der Waals surface area contributed by atoms with Gasteiger partial charge in [-0.05, 0) is 55.0 Å². The highest BCUT2D eigenvalue weighted by Crippen LogP contribution is 2.20. The average molecular weight is 969 g/mol. The number of aliphatic hydroxyl groups excluding tert-OH is 2. The number of carbonyl (C=O) groups is 8. The Labute approximate surface area is 394 Å². The van der Waals surface area contributed by atoms with Crippen molar-refractivity contribution in [3.05, 3.63) is 65.9 Å². The first-order valence-corrected chi connectivity index (χ1v) is 21.4. The van der Waals surface area contributed by atoms with Gasteiger partial charge < -0.3 is 91.1 Å². The van der Waals surface area contributed by atoms with Crippen LogP contribution in [0.3, 0.4) is 0 Å². The van der Waals surface area contributed by atoms with Crippen LogP contribution in [0.1, 0.15) is 43.2 Å². The maximum Gasteiger partial charge on any atom is 0.326 e. The Bertz CT molecular complexity index is 2320. The van der Waals surface area contributed by atoms with Gasteiger partial charge in [0.2, 0.25) is 35.4 Å². The summed E-state index contributed by atoms with van der Waals surface area (Å²) in [5.41, 5.74) is 28.5. The number of benzene rings is 2. The molecule has 3 aromatic rings. The van der Waals surface area contributed by atoms with E-state index in [0.717, 1.165) is 0 Å². The van der Waals surface area contributed by atoms with Crippen molar-refractivity contribution in [3.8, 4) is 5.75 Å². The number of hydrogen-bond acceptors (Lipinski definition) is 14. The van der Waals surface area contributed by atoms with Gasteiger partial charge in [-0.2, -0.15) is 0 Å². The standard InChI is InChI=1S/C42H60N14O13/c43-25(19-57)34(62)56-32(20-58)39(67)54-30(16-22-18-50-26-6-2-1-5-24(22)26)37(65)55-31(17-33(60)61)38(66)53-29(15-21-9-11-23(59)12-10-21)36(64)51-27(7-3-13-48-41(44)45)35(63)52-28(40(68)69)8-4-14-49-42(46)47/h1-2,5-6,9-12,18,25,27-32,50,57-59H,3-4,7-8,13-17,19-20,43H2,(H,51,64)(H,52,63)(H,53,66)(H,54,67)(H,55,65)(H,56,62)(H,60,61)(H,68,69)(H4,44,45,48)(H4,46,47,49). The number of nitrogens with one attached hydrogen (secondary N) is 7. The van der Waals surface area contributed by atoms with E-state index in [1.165, 1.54) is 24.3 Å². The Morgan fingerprint density at radius 2 is 1.06 bits per heavy atom. The molecule has 1 aromatic heterocycles. The SMILES string of the molecule is NC(N)=NCCCC(NC(=O)C(CCCN=C(N)N)NC(=O)C(Cc1ccc(O)cc1)NC(=O)C(CC(=O)O)NC(=O)C(Cc1c[nH]c2ccccc12)NC(=O)C(CO)NC(=O)C(N)CO)C(=O)O. The van der Waals surface area contributed by atoms with Gasteiger partial charge in [-0.3, -0.25) is 43.5 Å². The van der Waals surface area contributed by atoms with Crippen LogP contribution in [0, 0.1) is 0 Å². The molecule has 0 bridgehead atoms. The van der Waals surface area contributed by atoms with Crippen LogP contribution < -0.4 is 60.6 Å². The van der Waals surface area contributed by atoms with E-state index in [1.54, 1.807) is 30.5 Å². The first-order valence-electron chi connectivity index (χ1n) is 21.4. The molecule has 0 fully saturated rings. The molecule has 3 rings (SSSR count). The van der Waals surface area contributed by atoms with Crippen molar-refractivity contribution in [2.75, 3.05) is 26.3 Å². The van der Waals surface area contributed by atoms with Crippen LogP contribution in [-0.2, 0) is 51.2 Å². The van der Waals surface area contributed by atoms with Crippen LogP contribution in [0.5, 0.6) is 5.75 Å². The molecule has 27 nitrogen and oxygen atoms in total. The molecule has 22 N–H and O–H groups in total. The molecular weight excluding hydrogens is 909 g/mol. The van der Waals surface area contributed by atoms with E-state index in [-0.39, 0.29) is 69.3 Å². The number of para-hydroxylation sites is 1. The third kappa shape index (κ3) is 18.6. The average Bonchev–Trinajstić information content (AvgIpc) is 3.71. The number of aliphatic hydroxyl groups is 2. The predicted octanol–water partition coefficient (Wildman–Crippen LogP) is -5.45. The van der Waals surface area contributed by atoms with Crippen LogP contribution >= 0.6 is 0 Å². The van der Waals surface area contributed by atoms with E-state index >= 15 is 0 Å². The molecule has 2 aromatic carbocycles. The predicted molar refractivity (Wildman–Crippen MR) is 247 cm³/mol. The fourth-order valence-electron chi connectivity index (χ4n) is 6.64. The van der Waals surface area contributed by atoms with E-state index in [4.69, 9.17) is 28.7 Å². The lowest BCUT2D eigenvalue weighted by Crippen LogP contribution is -2.61. The summed E-state index contributed by atoms with van der Waals surface area (Å²) in [7, 11) is 0. The fraction of sp³-hybridized carbons (Fsp3) is 0.429. The number of phenols is 1. The third-order valence-corrected chi connectivity index (χ3v) is 10.2. The normalized spacial score (nSPS) is 14.0. The zero-order chi connectivity index (χ0) is 51.2. The van der Waals surface area contributed by atoms with Gasteiger partial charge in [0.1, 0.15) is 48.0 Å². The minimum atomic E-state index is -1.95. The van der Waals surface area contributed by atoms with Gasteiger partial charge >= 0.3 is 11.9 Å². The molecule has 69 heavy (non-hydrogen) atoms. The Morgan fingerprint density at radius 1 is 0.580 bits per heavy atom. The number of aliphatic imine (C=N–C) groups is 2. The Balaban J connectivity index is 1.98. The quantitative estimate of drug-likeness (QED) is 0.0175. The Morgan fingerprint density at radius 3 is 1.61 bits per heavy atom. The number of carbonyl (C=O) groups excluding carboxylic acids is 6. The van der Waals surface area contributed by atoms with Gasteiger partial charge in [0, 0.05) is 43.0 Å². The number of hydrogen-bond donors (Lipinski definition) is 17. The number of aliphatic carboxylic acids is 2. The topological polar surface area (TPSA) is 480 Å². The van der Waals surface area contributed by atoms with Crippen LogP contribution in [0.15, 0.2) is 64.7 Å². The smallest absolute Gasteiger partial charge is 0.326 e. The van der Waals surface area contributed by atoms with Gasteiger partial charge in [0.25, 0.3) is 0 Å². The van der Waals surface area contributed by atoms with Gasteiger partial charge in [-0.15, -0.1) is 0 Å². The van der Waals surface area contributed by atoms with Crippen LogP contribution in [0.25, 0.3) is 10.9 Å². The largest absolute Gasteiger partial charge is 0.508 e. The highest BCUT2D eigenvalue weighted by molar-refractivity contribution is 5.98. The van der Waals surface area contributed by atoms with Crippen molar-refractivity contribution >= 4 is 70.2 Å². The van der Waals surface area contributed by atoms with Gasteiger partial charge in [-0.1, -0.05) is 30.3 Å². The molecule has 6 amide bonds. The Kier molecular flexibility index (Phi) is 22.1.